The number of rotatable bonds is 7. The molecule has 1 atom stereocenters. The van der Waals surface area contributed by atoms with Crippen molar-refractivity contribution in [2.75, 3.05) is 18.6 Å². The molecule has 2 amide bonds. The molecule has 0 saturated carbocycles. The zero-order chi connectivity index (χ0) is 24.2. The van der Waals surface area contributed by atoms with Crippen LogP contribution in [0.25, 0.3) is 16.9 Å². The highest BCUT2D eigenvalue weighted by Crippen LogP contribution is 2.28. The zero-order valence-corrected chi connectivity index (χ0v) is 19.3. The molecule has 8 heteroatoms. The third-order valence-electron chi connectivity index (χ3n) is 6.10. The number of aromatic nitrogens is 3. The van der Waals surface area contributed by atoms with Crippen LogP contribution in [0.2, 0.25) is 0 Å². The van der Waals surface area contributed by atoms with Crippen molar-refractivity contribution in [3.63, 3.8) is 0 Å². The van der Waals surface area contributed by atoms with E-state index in [1.807, 2.05) is 65.5 Å². The summed E-state index contributed by atoms with van der Waals surface area (Å²) in [5.41, 5.74) is 4.26. The van der Waals surface area contributed by atoms with E-state index >= 15 is 0 Å². The van der Waals surface area contributed by atoms with E-state index in [2.05, 4.69) is 10.3 Å². The Morgan fingerprint density at radius 3 is 2.49 bits per heavy atom. The maximum atomic E-state index is 13.0. The van der Waals surface area contributed by atoms with Crippen molar-refractivity contribution in [3.05, 3.63) is 90.9 Å². The molecule has 5 rings (SSSR count). The van der Waals surface area contributed by atoms with Crippen LogP contribution >= 0.6 is 0 Å². The topological polar surface area (TPSA) is 89.3 Å². The standard InChI is InChI=1S/C27H25N5O3/c1-35-24-9-7-22(8-10-24)31-17-20(15-25(31)33)27(34)29-16-21-18-32(23-5-3-2-4-6-23)30-26(21)19-11-13-28-14-12-19/h2-14,18,20H,15-17H2,1H3,(H,29,34). The molecule has 0 bridgehead atoms. The average Bonchev–Trinajstić information content (AvgIpc) is 3.52. The lowest BCUT2D eigenvalue weighted by Gasteiger charge is -2.17. The number of methoxy groups -OCH3 is 1. The first-order chi connectivity index (χ1) is 17.1. The van der Waals surface area contributed by atoms with Crippen molar-refractivity contribution in [1.82, 2.24) is 20.1 Å². The van der Waals surface area contributed by atoms with Gasteiger partial charge in [0.2, 0.25) is 11.8 Å². The van der Waals surface area contributed by atoms with Gasteiger partial charge in [-0.15, -0.1) is 0 Å². The second-order valence-corrected chi connectivity index (χ2v) is 8.34. The molecule has 0 aliphatic carbocycles. The maximum absolute atomic E-state index is 13.0. The predicted molar refractivity (Wildman–Crippen MR) is 132 cm³/mol. The van der Waals surface area contributed by atoms with Gasteiger partial charge in [-0.1, -0.05) is 18.2 Å². The number of pyridine rings is 1. The smallest absolute Gasteiger partial charge is 0.227 e. The molecule has 1 fully saturated rings. The van der Waals surface area contributed by atoms with E-state index in [1.54, 1.807) is 36.5 Å². The first kappa shape index (κ1) is 22.3. The zero-order valence-electron chi connectivity index (χ0n) is 19.3. The Balaban J connectivity index is 1.31. The van der Waals surface area contributed by atoms with Crippen LogP contribution < -0.4 is 15.0 Å². The first-order valence-corrected chi connectivity index (χ1v) is 11.4. The van der Waals surface area contributed by atoms with Crippen LogP contribution in [-0.2, 0) is 16.1 Å². The van der Waals surface area contributed by atoms with Crippen molar-refractivity contribution in [3.8, 4) is 22.7 Å². The van der Waals surface area contributed by atoms with Crippen LogP contribution in [0.5, 0.6) is 5.75 Å². The molecule has 176 valence electrons. The Kier molecular flexibility index (Phi) is 6.26. The molecule has 3 heterocycles. The van der Waals surface area contributed by atoms with Gasteiger partial charge in [0.05, 0.1) is 24.4 Å². The summed E-state index contributed by atoms with van der Waals surface area (Å²) in [6.07, 6.45) is 5.54. The molecule has 1 aliphatic rings. The Bertz CT molecular complexity index is 1320. The second kappa shape index (κ2) is 9.80. The third kappa shape index (κ3) is 4.77. The minimum atomic E-state index is -0.418. The van der Waals surface area contributed by atoms with Gasteiger partial charge in [-0.05, 0) is 48.5 Å². The summed E-state index contributed by atoms with van der Waals surface area (Å²) < 4.78 is 6.99. The van der Waals surface area contributed by atoms with Gasteiger partial charge < -0.3 is 15.0 Å². The van der Waals surface area contributed by atoms with Crippen molar-refractivity contribution < 1.29 is 14.3 Å². The Labute approximate surface area is 203 Å². The van der Waals surface area contributed by atoms with Crippen LogP contribution in [0.4, 0.5) is 5.69 Å². The highest BCUT2D eigenvalue weighted by Gasteiger charge is 2.35. The number of nitrogens with zero attached hydrogens (tertiary/aromatic N) is 4. The first-order valence-electron chi connectivity index (χ1n) is 11.4. The van der Waals surface area contributed by atoms with E-state index < -0.39 is 5.92 Å². The molecule has 8 nitrogen and oxygen atoms in total. The van der Waals surface area contributed by atoms with Gasteiger partial charge in [-0.25, -0.2) is 4.68 Å². The molecule has 4 aromatic rings. The number of benzene rings is 2. The number of hydrogen-bond donors (Lipinski definition) is 1. The molecule has 1 N–H and O–H groups in total. The van der Waals surface area contributed by atoms with E-state index in [0.717, 1.165) is 33.9 Å². The minimum Gasteiger partial charge on any atom is -0.497 e. The number of ether oxygens (including phenoxy) is 1. The quantitative estimate of drug-likeness (QED) is 0.449. The van der Waals surface area contributed by atoms with E-state index in [0.29, 0.717) is 13.1 Å². The lowest BCUT2D eigenvalue weighted by Crippen LogP contribution is -2.32. The third-order valence-corrected chi connectivity index (χ3v) is 6.10. The van der Waals surface area contributed by atoms with Gasteiger partial charge in [0, 0.05) is 54.9 Å². The fourth-order valence-corrected chi connectivity index (χ4v) is 4.23. The number of nitrogens with one attached hydrogen (secondary N) is 1. The Morgan fingerprint density at radius 2 is 1.77 bits per heavy atom. The van der Waals surface area contributed by atoms with Crippen LogP contribution in [0.1, 0.15) is 12.0 Å². The molecule has 2 aromatic heterocycles. The van der Waals surface area contributed by atoms with Gasteiger partial charge in [-0.3, -0.25) is 14.6 Å². The number of hydrogen-bond acceptors (Lipinski definition) is 5. The molecule has 1 saturated heterocycles. The summed E-state index contributed by atoms with van der Waals surface area (Å²) in [5, 5.41) is 7.79. The summed E-state index contributed by atoms with van der Waals surface area (Å²) in [6, 6.07) is 20.9. The van der Waals surface area contributed by atoms with Crippen LogP contribution in [0.15, 0.2) is 85.3 Å². The minimum absolute atomic E-state index is 0.0651. The average molecular weight is 468 g/mol. The molecule has 1 unspecified atom stereocenters. The summed E-state index contributed by atoms with van der Waals surface area (Å²) in [7, 11) is 1.60. The summed E-state index contributed by atoms with van der Waals surface area (Å²) in [5.74, 6) is 0.0843. The van der Waals surface area contributed by atoms with Crippen molar-refractivity contribution in [2.24, 2.45) is 5.92 Å². The van der Waals surface area contributed by atoms with E-state index in [1.165, 1.54) is 0 Å². The molecule has 35 heavy (non-hydrogen) atoms. The van der Waals surface area contributed by atoms with E-state index in [9.17, 15) is 9.59 Å². The van der Waals surface area contributed by atoms with Crippen LogP contribution in [0.3, 0.4) is 0 Å². The molecule has 1 aliphatic heterocycles. The number of carbonyl (C=O) groups excluding carboxylic acids is 2. The van der Waals surface area contributed by atoms with E-state index in [4.69, 9.17) is 9.84 Å². The normalized spacial score (nSPS) is 15.3. The SMILES string of the molecule is COc1ccc(N2CC(C(=O)NCc3cn(-c4ccccc4)nc3-c3ccncc3)CC2=O)cc1. The van der Waals surface area contributed by atoms with Gasteiger partial charge in [0.15, 0.2) is 0 Å². The fourth-order valence-electron chi connectivity index (χ4n) is 4.23. The Hall–Kier alpha value is -4.46. The highest BCUT2D eigenvalue weighted by atomic mass is 16.5. The molecule has 0 spiro atoms. The molecule has 2 aromatic carbocycles. The number of para-hydroxylation sites is 1. The van der Waals surface area contributed by atoms with Gasteiger partial charge in [0.1, 0.15) is 5.75 Å². The van der Waals surface area contributed by atoms with Gasteiger partial charge in [-0.2, -0.15) is 5.10 Å². The van der Waals surface area contributed by atoms with Crippen molar-refractivity contribution in [2.45, 2.75) is 13.0 Å². The summed E-state index contributed by atoms with van der Waals surface area (Å²) >= 11 is 0. The number of carbonyl (C=O) groups is 2. The second-order valence-electron chi connectivity index (χ2n) is 8.34. The number of anilines is 1. The largest absolute Gasteiger partial charge is 0.497 e. The molecular weight excluding hydrogens is 442 g/mol. The molecular formula is C27H25N5O3. The van der Waals surface area contributed by atoms with E-state index in [-0.39, 0.29) is 18.2 Å². The summed E-state index contributed by atoms with van der Waals surface area (Å²) in [4.78, 5) is 31.4. The lowest BCUT2D eigenvalue weighted by atomic mass is 10.1. The van der Waals surface area contributed by atoms with Crippen molar-refractivity contribution >= 4 is 17.5 Å². The van der Waals surface area contributed by atoms with Crippen LogP contribution in [0, 0.1) is 5.92 Å². The Morgan fingerprint density at radius 1 is 1.03 bits per heavy atom. The van der Waals surface area contributed by atoms with Crippen molar-refractivity contribution in [1.29, 1.82) is 0 Å². The fraction of sp³-hybridized carbons (Fsp3) is 0.185. The highest BCUT2D eigenvalue weighted by molar-refractivity contribution is 6.00. The van der Waals surface area contributed by atoms with Gasteiger partial charge >= 0.3 is 0 Å². The lowest BCUT2D eigenvalue weighted by molar-refractivity contribution is -0.126. The maximum Gasteiger partial charge on any atom is 0.227 e. The monoisotopic (exact) mass is 467 g/mol. The number of amides is 2. The summed E-state index contributed by atoms with van der Waals surface area (Å²) in [6.45, 7) is 0.647. The molecule has 0 radical (unpaired) electrons. The van der Waals surface area contributed by atoms with Crippen LogP contribution in [-0.4, -0.2) is 40.2 Å². The predicted octanol–water partition coefficient (Wildman–Crippen LogP) is 3.61. The van der Waals surface area contributed by atoms with Gasteiger partial charge in [0.25, 0.3) is 0 Å².